The lowest BCUT2D eigenvalue weighted by atomic mass is 10.1. The van der Waals surface area contributed by atoms with E-state index in [1.165, 1.54) is 0 Å². The summed E-state index contributed by atoms with van der Waals surface area (Å²) < 4.78 is 0. The van der Waals surface area contributed by atoms with E-state index in [9.17, 15) is 10.2 Å². The van der Waals surface area contributed by atoms with E-state index >= 15 is 0 Å². The Morgan fingerprint density at radius 2 is 1.94 bits per heavy atom. The zero-order chi connectivity index (χ0) is 12.0. The number of aromatic hydroxyl groups is 2. The summed E-state index contributed by atoms with van der Waals surface area (Å²) in [6.07, 6.45) is 5.02. The molecule has 3 nitrogen and oxygen atoms in total. The van der Waals surface area contributed by atoms with Crippen molar-refractivity contribution < 1.29 is 10.2 Å². The maximum atomic E-state index is 9.65. The normalized spacial score (nSPS) is 13.1. The molecule has 0 amide bonds. The molecule has 1 atom stereocenters. The summed E-state index contributed by atoms with van der Waals surface area (Å²) >= 11 is 0. The maximum Gasteiger partial charge on any atom is 0.124 e. The van der Waals surface area contributed by atoms with Crippen molar-refractivity contribution in [2.75, 3.05) is 6.54 Å². The molecule has 3 N–H and O–H groups in total. The summed E-state index contributed by atoms with van der Waals surface area (Å²) in [4.78, 5) is 0. The Morgan fingerprint density at radius 1 is 1.31 bits per heavy atom. The molecular formula is C13H19NO2. The van der Waals surface area contributed by atoms with Crippen LogP contribution >= 0.6 is 0 Å². The first-order valence-corrected chi connectivity index (χ1v) is 5.52. The second-order valence-electron chi connectivity index (χ2n) is 3.74. The van der Waals surface area contributed by atoms with Crippen LogP contribution in [-0.2, 0) is 0 Å². The molecule has 0 saturated carbocycles. The molecule has 0 aliphatic rings. The van der Waals surface area contributed by atoms with Crippen LogP contribution in [-0.4, -0.2) is 16.8 Å². The largest absolute Gasteiger partial charge is 0.507 e. The summed E-state index contributed by atoms with van der Waals surface area (Å²) in [5.74, 6) is 0.261. The molecule has 0 aliphatic carbocycles. The number of benzene rings is 1. The standard InChI is InChI=1S/C13H19NO2/c1-3-4-5-9-14-10(2)13-11(15)7-6-8-12(13)16/h3-4,6-8,10,14-16H,5,9H2,1-2H3/b4-3+. The van der Waals surface area contributed by atoms with Gasteiger partial charge in [-0.05, 0) is 38.9 Å². The molecule has 1 aromatic rings. The van der Waals surface area contributed by atoms with Crippen molar-refractivity contribution in [3.05, 3.63) is 35.9 Å². The maximum absolute atomic E-state index is 9.65. The minimum absolute atomic E-state index is 0.0635. The van der Waals surface area contributed by atoms with E-state index in [1.54, 1.807) is 18.2 Å². The second kappa shape index (κ2) is 6.18. The zero-order valence-electron chi connectivity index (χ0n) is 9.77. The first kappa shape index (κ1) is 12.6. The number of nitrogens with one attached hydrogen (secondary N) is 1. The Balaban J connectivity index is 2.62. The molecule has 3 heteroatoms. The van der Waals surface area contributed by atoms with Crippen molar-refractivity contribution in [3.8, 4) is 11.5 Å². The van der Waals surface area contributed by atoms with Crippen molar-refractivity contribution in [2.45, 2.75) is 26.3 Å². The fourth-order valence-electron chi connectivity index (χ4n) is 1.64. The quantitative estimate of drug-likeness (QED) is 0.529. The molecule has 0 heterocycles. The number of phenolic OH excluding ortho intramolecular Hbond substituents is 2. The molecule has 0 aromatic heterocycles. The van der Waals surface area contributed by atoms with Gasteiger partial charge in [0, 0.05) is 6.04 Å². The van der Waals surface area contributed by atoms with E-state index < -0.39 is 0 Å². The predicted octanol–water partition coefficient (Wildman–Crippen LogP) is 2.71. The van der Waals surface area contributed by atoms with Gasteiger partial charge in [0.25, 0.3) is 0 Å². The molecule has 0 saturated heterocycles. The van der Waals surface area contributed by atoms with Crippen molar-refractivity contribution in [3.63, 3.8) is 0 Å². The van der Waals surface area contributed by atoms with Gasteiger partial charge in [-0.2, -0.15) is 0 Å². The molecule has 0 aliphatic heterocycles. The van der Waals surface area contributed by atoms with Gasteiger partial charge in [-0.3, -0.25) is 0 Å². The Kier molecular flexibility index (Phi) is 4.86. The molecule has 0 spiro atoms. The van der Waals surface area contributed by atoms with Crippen LogP contribution in [0.15, 0.2) is 30.4 Å². The van der Waals surface area contributed by atoms with Gasteiger partial charge >= 0.3 is 0 Å². The zero-order valence-corrected chi connectivity index (χ0v) is 9.77. The summed E-state index contributed by atoms with van der Waals surface area (Å²) in [5.41, 5.74) is 0.558. The van der Waals surface area contributed by atoms with Gasteiger partial charge < -0.3 is 15.5 Å². The van der Waals surface area contributed by atoms with Crippen LogP contribution in [0.3, 0.4) is 0 Å². The molecule has 1 unspecified atom stereocenters. The minimum atomic E-state index is -0.0635. The van der Waals surface area contributed by atoms with Crippen LogP contribution in [0.25, 0.3) is 0 Å². The van der Waals surface area contributed by atoms with Crippen molar-refractivity contribution in [1.29, 1.82) is 0 Å². The lowest BCUT2D eigenvalue weighted by Crippen LogP contribution is -2.19. The van der Waals surface area contributed by atoms with Crippen LogP contribution in [0, 0.1) is 0 Å². The third-order valence-electron chi connectivity index (χ3n) is 2.49. The third-order valence-corrected chi connectivity index (χ3v) is 2.49. The van der Waals surface area contributed by atoms with Gasteiger partial charge in [-0.15, -0.1) is 0 Å². The van der Waals surface area contributed by atoms with E-state index in [0.29, 0.717) is 5.56 Å². The van der Waals surface area contributed by atoms with E-state index in [-0.39, 0.29) is 17.5 Å². The number of rotatable bonds is 5. The highest BCUT2D eigenvalue weighted by Crippen LogP contribution is 2.31. The number of phenols is 2. The van der Waals surface area contributed by atoms with Crippen LogP contribution < -0.4 is 5.32 Å². The summed E-state index contributed by atoms with van der Waals surface area (Å²) in [6, 6.07) is 4.73. The third kappa shape index (κ3) is 3.28. The monoisotopic (exact) mass is 221 g/mol. The van der Waals surface area contributed by atoms with Gasteiger partial charge in [0.2, 0.25) is 0 Å². The summed E-state index contributed by atoms with van der Waals surface area (Å²) in [6.45, 7) is 4.72. The van der Waals surface area contributed by atoms with Crippen LogP contribution in [0.4, 0.5) is 0 Å². The lowest BCUT2D eigenvalue weighted by Gasteiger charge is -2.16. The predicted molar refractivity (Wildman–Crippen MR) is 65.6 cm³/mol. The SMILES string of the molecule is C/C=C/CCNC(C)c1c(O)cccc1O. The molecule has 0 bridgehead atoms. The Hall–Kier alpha value is -1.48. The molecule has 0 radical (unpaired) electrons. The van der Waals surface area contributed by atoms with Gasteiger partial charge in [-0.1, -0.05) is 18.2 Å². The summed E-state index contributed by atoms with van der Waals surface area (Å²) in [5, 5.41) is 22.5. The first-order chi connectivity index (χ1) is 7.66. The molecular weight excluding hydrogens is 202 g/mol. The van der Waals surface area contributed by atoms with Crippen molar-refractivity contribution in [1.82, 2.24) is 5.32 Å². The molecule has 0 fully saturated rings. The Labute approximate surface area is 96.4 Å². The second-order valence-corrected chi connectivity index (χ2v) is 3.74. The molecule has 88 valence electrons. The van der Waals surface area contributed by atoms with Gasteiger partial charge in [0.15, 0.2) is 0 Å². The minimum Gasteiger partial charge on any atom is -0.507 e. The highest BCUT2D eigenvalue weighted by atomic mass is 16.3. The van der Waals surface area contributed by atoms with Gasteiger partial charge in [-0.25, -0.2) is 0 Å². The van der Waals surface area contributed by atoms with E-state index in [1.807, 2.05) is 19.9 Å². The number of hydrogen-bond acceptors (Lipinski definition) is 3. The smallest absolute Gasteiger partial charge is 0.124 e. The van der Waals surface area contributed by atoms with Crippen LogP contribution in [0.1, 0.15) is 31.9 Å². The highest BCUT2D eigenvalue weighted by Gasteiger charge is 2.13. The first-order valence-electron chi connectivity index (χ1n) is 5.52. The van der Waals surface area contributed by atoms with E-state index in [2.05, 4.69) is 11.4 Å². The fourth-order valence-corrected chi connectivity index (χ4v) is 1.64. The fraction of sp³-hybridized carbons (Fsp3) is 0.385. The lowest BCUT2D eigenvalue weighted by molar-refractivity contribution is 0.419. The topological polar surface area (TPSA) is 52.5 Å². The number of allylic oxidation sites excluding steroid dienone is 1. The number of hydrogen-bond donors (Lipinski definition) is 3. The Morgan fingerprint density at radius 3 is 2.50 bits per heavy atom. The molecule has 16 heavy (non-hydrogen) atoms. The Bertz CT molecular complexity index is 341. The van der Waals surface area contributed by atoms with E-state index in [4.69, 9.17) is 0 Å². The summed E-state index contributed by atoms with van der Waals surface area (Å²) in [7, 11) is 0. The highest BCUT2D eigenvalue weighted by molar-refractivity contribution is 5.44. The van der Waals surface area contributed by atoms with Crippen LogP contribution in [0.2, 0.25) is 0 Å². The van der Waals surface area contributed by atoms with Gasteiger partial charge in [0.1, 0.15) is 11.5 Å². The van der Waals surface area contributed by atoms with E-state index in [0.717, 1.165) is 13.0 Å². The van der Waals surface area contributed by atoms with Crippen molar-refractivity contribution in [2.24, 2.45) is 0 Å². The molecule has 1 aromatic carbocycles. The average Bonchev–Trinajstić information content (AvgIpc) is 2.24. The molecule has 1 rings (SSSR count). The van der Waals surface area contributed by atoms with Gasteiger partial charge in [0.05, 0.1) is 5.56 Å². The average molecular weight is 221 g/mol. The van der Waals surface area contributed by atoms with Crippen molar-refractivity contribution >= 4 is 0 Å². The van der Waals surface area contributed by atoms with Crippen LogP contribution in [0.5, 0.6) is 11.5 Å².